The Labute approximate surface area is 194 Å². The van der Waals surface area contributed by atoms with Crippen LogP contribution in [-0.2, 0) is 35.7 Å². The van der Waals surface area contributed by atoms with Gasteiger partial charge in [-0.2, -0.15) is 5.10 Å². The molecule has 2 N–H and O–H groups in total. The maximum Gasteiger partial charge on any atom is 0.333 e. The summed E-state index contributed by atoms with van der Waals surface area (Å²) in [5.41, 5.74) is 6.09. The van der Waals surface area contributed by atoms with Gasteiger partial charge in [0.2, 0.25) is 0 Å². The van der Waals surface area contributed by atoms with Crippen molar-refractivity contribution in [2.45, 2.75) is 70.2 Å². The number of benzene rings is 1. The van der Waals surface area contributed by atoms with Gasteiger partial charge in [-0.25, -0.2) is 17.9 Å². The largest absolute Gasteiger partial charge is 0.333 e. The molecular weight excluding hydrogens is 399 g/mol. The van der Waals surface area contributed by atoms with E-state index >= 15 is 0 Å². The summed E-state index contributed by atoms with van der Waals surface area (Å²) in [5, 5.41) is 7.09. The second-order valence-corrected chi connectivity index (χ2v) is 9.60. The molecule has 4 rings (SSSR count). The minimum atomic E-state index is -4.00. The van der Waals surface area contributed by atoms with Gasteiger partial charge in [0.25, 0.3) is 10.0 Å². The molecule has 2 aliphatic carbocycles. The first-order valence-corrected chi connectivity index (χ1v) is 11.3. The maximum absolute atomic E-state index is 12.7. The summed E-state index contributed by atoms with van der Waals surface area (Å²) in [6, 6.07) is 1.59. The summed E-state index contributed by atoms with van der Waals surface area (Å²) in [4.78, 5) is 12.7. The SMILES string of the molecule is Cc1nn(C(C)C)cc1S(=O)(=O)NC(=O)Nc1c2c(cc3c1CCC3)CCC2.[Na]. The zero-order valence-electron chi connectivity index (χ0n) is 17.5. The molecule has 7 nitrogen and oxygen atoms in total. The smallest absolute Gasteiger partial charge is 0.307 e. The van der Waals surface area contributed by atoms with Crippen molar-refractivity contribution in [3.63, 3.8) is 0 Å². The maximum atomic E-state index is 12.7. The van der Waals surface area contributed by atoms with E-state index < -0.39 is 16.1 Å². The van der Waals surface area contributed by atoms with Crippen LogP contribution in [0, 0.1) is 6.92 Å². The van der Waals surface area contributed by atoms with E-state index in [9.17, 15) is 13.2 Å². The Kier molecular flexibility index (Phi) is 6.48. The van der Waals surface area contributed by atoms with Crippen molar-refractivity contribution >= 4 is 51.3 Å². The molecule has 2 aromatic rings. The van der Waals surface area contributed by atoms with E-state index in [0.29, 0.717) is 5.69 Å². The van der Waals surface area contributed by atoms with Gasteiger partial charge in [0.05, 0.1) is 5.69 Å². The van der Waals surface area contributed by atoms with Crippen molar-refractivity contribution < 1.29 is 13.2 Å². The van der Waals surface area contributed by atoms with Crippen LogP contribution in [0.4, 0.5) is 10.5 Å². The molecule has 9 heteroatoms. The monoisotopic (exact) mass is 425 g/mol. The van der Waals surface area contributed by atoms with Crippen LogP contribution in [0.25, 0.3) is 0 Å². The van der Waals surface area contributed by atoms with Crippen molar-refractivity contribution in [1.29, 1.82) is 0 Å². The second kappa shape index (κ2) is 8.41. The number of sulfonamides is 1. The predicted molar refractivity (Wildman–Crippen MR) is 113 cm³/mol. The van der Waals surface area contributed by atoms with Crippen molar-refractivity contribution in [3.8, 4) is 0 Å². The molecule has 0 saturated carbocycles. The first-order valence-electron chi connectivity index (χ1n) is 9.82. The van der Waals surface area contributed by atoms with Gasteiger partial charge >= 0.3 is 6.03 Å². The van der Waals surface area contributed by atoms with E-state index in [1.165, 1.54) is 17.3 Å². The van der Waals surface area contributed by atoms with Gasteiger partial charge in [-0.15, -0.1) is 0 Å². The molecule has 1 radical (unpaired) electrons. The van der Waals surface area contributed by atoms with Gasteiger partial charge in [0.15, 0.2) is 0 Å². The van der Waals surface area contributed by atoms with Crippen molar-refractivity contribution in [3.05, 3.63) is 40.2 Å². The molecular formula is C20H26N4NaO3S. The van der Waals surface area contributed by atoms with Crippen LogP contribution in [0.5, 0.6) is 0 Å². The molecule has 2 aliphatic rings. The molecule has 1 aromatic carbocycles. The molecule has 0 atom stereocenters. The number of hydrogen-bond acceptors (Lipinski definition) is 4. The van der Waals surface area contributed by atoms with Crippen LogP contribution in [0.1, 0.15) is 60.7 Å². The molecule has 2 amide bonds. The Bertz CT molecular complexity index is 1030. The number of fused-ring (bicyclic) bond motifs is 2. The van der Waals surface area contributed by atoms with Crippen LogP contribution in [-0.4, -0.2) is 53.8 Å². The Hall–Kier alpha value is -1.35. The first-order chi connectivity index (χ1) is 13.3. The summed E-state index contributed by atoms with van der Waals surface area (Å²) in [7, 11) is -4.00. The van der Waals surface area contributed by atoms with Gasteiger partial charge in [-0.1, -0.05) is 6.07 Å². The van der Waals surface area contributed by atoms with Crippen LogP contribution in [0.2, 0.25) is 0 Å². The minimum absolute atomic E-state index is 0. The number of carbonyl (C=O) groups excluding carboxylic acids is 1. The van der Waals surface area contributed by atoms with Crippen LogP contribution < -0.4 is 10.0 Å². The molecule has 0 bridgehead atoms. The quantitative estimate of drug-likeness (QED) is 0.737. The molecule has 0 fully saturated rings. The first kappa shape index (κ1) is 22.3. The number of urea groups is 1. The van der Waals surface area contributed by atoms with Gasteiger partial charge in [-0.05, 0) is 81.5 Å². The van der Waals surface area contributed by atoms with Gasteiger partial charge in [-0.3, -0.25) is 4.68 Å². The molecule has 151 valence electrons. The van der Waals surface area contributed by atoms with E-state index in [0.717, 1.165) is 55.3 Å². The van der Waals surface area contributed by atoms with Crippen LogP contribution >= 0.6 is 0 Å². The van der Waals surface area contributed by atoms with Gasteiger partial charge in [0, 0.05) is 47.5 Å². The molecule has 29 heavy (non-hydrogen) atoms. The Morgan fingerprint density at radius 2 is 1.69 bits per heavy atom. The van der Waals surface area contributed by atoms with E-state index in [2.05, 4.69) is 21.2 Å². The zero-order chi connectivity index (χ0) is 20.1. The van der Waals surface area contributed by atoms with E-state index in [1.807, 2.05) is 13.8 Å². The minimum Gasteiger partial charge on any atom is -0.307 e. The molecule has 0 spiro atoms. The van der Waals surface area contributed by atoms with Gasteiger partial charge < -0.3 is 5.32 Å². The van der Waals surface area contributed by atoms with Crippen molar-refractivity contribution in [2.24, 2.45) is 0 Å². The number of anilines is 1. The van der Waals surface area contributed by atoms with E-state index in [4.69, 9.17) is 0 Å². The Morgan fingerprint density at radius 3 is 2.21 bits per heavy atom. The van der Waals surface area contributed by atoms with Crippen molar-refractivity contribution in [2.75, 3.05) is 5.32 Å². The van der Waals surface area contributed by atoms with Gasteiger partial charge in [0.1, 0.15) is 4.90 Å². The normalized spacial score (nSPS) is 15.0. The summed E-state index contributed by atoms with van der Waals surface area (Å²) >= 11 is 0. The summed E-state index contributed by atoms with van der Waals surface area (Å²) in [5.74, 6) is 0. The number of hydrogen-bond donors (Lipinski definition) is 2. The summed E-state index contributed by atoms with van der Waals surface area (Å²) < 4.78 is 29.2. The fraction of sp³-hybridized carbons (Fsp3) is 0.500. The third-order valence-electron chi connectivity index (χ3n) is 5.63. The Morgan fingerprint density at radius 1 is 1.10 bits per heavy atom. The number of aromatic nitrogens is 2. The van der Waals surface area contributed by atoms with Crippen LogP contribution in [0.3, 0.4) is 0 Å². The number of amides is 2. The standard InChI is InChI=1S/C20H26N4O3S.Na/c1-12(2)24-11-18(13(3)22-24)28(26,27)23-20(25)21-19-16-8-4-6-14(16)10-15-7-5-9-17(15)19;/h10-12H,4-9H2,1-3H3,(H2,21,23,25);. The fourth-order valence-corrected chi connectivity index (χ4v) is 5.36. The zero-order valence-corrected chi connectivity index (χ0v) is 20.3. The van der Waals surface area contributed by atoms with Crippen molar-refractivity contribution in [1.82, 2.24) is 14.5 Å². The average molecular weight is 426 g/mol. The molecule has 1 heterocycles. The third-order valence-corrected chi connectivity index (χ3v) is 7.06. The average Bonchev–Trinajstić information content (AvgIpc) is 3.32. The number of carbonyl (C=O) groups is 1. The topological polar surface area (TPSA) is 93.1 Å². The molecule has 1 aromatic heterocycles. The molecule has 0 unspecified atom stereocenters. The molecule has 0 aliphatic heterocycles. The number of nitrogens with one attached hydrogen (secondary N) is 2. The number of nitrogens with zero attached hydrogens (tertiary/aromatic N) is 2. The number of aryl methyl sites for hydroxylation is 3. The fourth-order valence-electron chi connectivity index (χ4n) is 4.28. The predicted octanol–water partition coefficient (Wildman–Crippen LogP) is 2.88. The summed E-state index contributed by atoms with van der Waals surface area (Å²) in [6.45, 7) is 5.46. The number of rotatable bonds is 4. The van der Waals surface area contributed by atoms with Crippen LogP contribution in [0.15, 0.2) is 17.2 Å². The Balaban J connectivity index is 0.00000240. The third kappa shape index (κ3) is 4.26. The summed E-state index contributed by atoms with van der Waals surface area (Å²) in [6.07, 6.45) is 7.49. The van der Waals surface area contributed by atoms with E-state index in [1.54, 1.807) is 11.6 Å². The van der Waals surface area contributed by atoms with E-state index in [-0.39, 0.29) is 40.5 Å². The second-order valence-electron chi connectivity index (χ2n) is 7.95. The molecule has 0 saturated heterocycles.